The molecule has 5 heteroatoms. The molecule has 0 radical (unpaired) electrons. The molecule has 1 aromatic rings. The van der Waals surface area contributed by atoms with E-state index in [4.69, 9.17) is 0 Å². The lowest BCUT2D eigenvalue weighted by atomic mass is 10.3. The molecule has 11 heavy (non-hydrogen) atoms. The fourth-order valence-electron chi connectivity index (χ4n) is 0.670. The SMILES string of the molecule is BrNc1cccc(N(Br)Br)c1. The van der Waals surface area contributed by atoms with Crippen LogP contribution in [0.4, 0.5) is 11.4 Å². The first-order chi connectivity index (χ1) is 5.24. The molecule has 0 aliphatic heterocycles. The van der Waals surface area contributed by atoms with E-state index in [-0.39, 0.29) is 0 Å². The first kappa shape index (κ1) is 9.35. The van der Waals surface area contributed by atoms with Gasteiger partial charge in [0.05, 0.1) is 38.0 Å². The van der Waals surface area contributed by atoms with Crippen molar-refractivity contribution < 1.29 is 0 Å². The minimum Gasteiger partial charge on any atom is -0.322 e. The number of benzene rings is 1. The van der Waals surface area contributed by atoms with Gasteiger partial charge in [-0.1, -0.05) is 6.07 Å². The van der Waals surface area contributed by atoms with Gasteiger partial charge in [-0.15, -0.1) is 0 Å². The molecular formula is C6H5Br3N2. The van der Waals surface area contributed by atoms with Gasteiger partial charge in [-0.3, -0.25) is 0 Å². The van der Waals surface area contributed by atoms with Crippen LogP contribution in [0.2, 0.25) is 0 Å². The largest absolute Gasteiger partial charge is 0.322 e. The zero-order valence-electron chi connectivity index (χ0n) is 5.39. The number of hydrogen-bond donors (Lipinski definition) is 1. The van der Waals surface area contributed by atoms with Gasteiger partial charge in [0.15, 0.2) is 0 Å². The van der Waals surface area contributed by atoms with Gasteiger partial charge >= 0.3 is 0 Å². The van der Waals surface area contributed by atoms with Crippen LogP contribution in [-0.4, -0.2) is 0 Å². The Kier molecular flexibility index (Phi) is 3.68. The van der Waals surface area contributed by atoms with E-state index >= 15 is 0 Å². The van der Waals surface area contributed by atoms with Crippen molar-refractivity contribution in [2.45, 2.75) is 0 Å². The Morgan fingerprint density at radius 1 is 1.27 bits per heavy atom. The summed E-state index contributed by atoms with van der Waals surface area (Å²) >= 11 is 9.65. The fourth-order valence-corrected chi connectivity index (χ4v) is 1.36. The third kappa shape index (κ3) is 2.65. The molecule has 0 bridgehead atoms. The molecule has 60 valence electrons. The van der Waals surface area contributed by atoms with Gasteiger partial charge in [-0.05, 0) is 18.2 Å². The smallest absolute Gasteiger partial charge is 0.0617 e. The first-order valence-electron chi connectivity index (χ1n) is 2.82. The van der Waals surface area contributed by atoms with Crippen LogP contribution < -0.4 is 7.29 Å². The Balaban J connectivity index is 2.91. The molecule has 0 fully saturated rings. The lowest BCUT2D eigenvalue weighted by Gasteiger charge is -2.07. The van der Waals surface area contributed by atoms with E-state index < -0.39 is 0 Å². The van der Waals surface area contributed by atoms with Crippen molar-refractivity contribution in [1.29, 1.82) is 0 Å². The van der Waals surface area contributed by atoms with E-state index in [0.29, 0.717) is 0 Å². The second-order valence-corrected chi connectivity index (χ2v) is 4.64. The molecule has 0 unspecified atom stereocenters. The number of hydrogen-bond acceptors (Lipinski definition) is 2. The molecule has 1 aromatic carbocycles. The second-order valence-electron chi connectivity index (χ2n) is 1.88. The summed E-state index contributed by atoms with van der Waals surface area (Å²) < 4.78 is 4.55. The van der Waals surface area contributed by atoms with Gasteiger partial charge in [0.25, 0.3) is 0 Å². The third-order valence-electron chi connectivity index (χ3n) is 1.15. The molecule has 1 N–H and O–H groups in total. The number of nitrogens with one attached hydrogen (secondary N) is 1. The predicted molar refractivity (Wildman–Crippen MR) is 59.3 cm³/mol. The zero-order chi connectivity index (χ0) is 8.27. The van der Waals surface area contributed by atoms with Gasteiger partial charge in [0.1, 0.15) is 0 Å². The van der Waals surface area contributed by atoms with Crippen LogP contribution >= 0.6 is 48.4 Å². The maximum atomic E-state index is 3.25. The highest BCUT2D eigenvalue weighted by Crippen LogP contribution is 2.25. The third-order valence-corrected chi connectivity index (χ3v) is 2.43. The van der Waals surface area contributed by atoms with Crippen LogP contribution in [0.25, 0.3) is 0 Å². The Bertz CT molecular complexity index is 239. The van der Waals surface area contributed by atoms with Gasteiger partial charge in [0.2, 0.25) is 0 Å². The summed E-state index contributed by atoms with van der Waals surface area (Å²) in [6.45, 7) is 0. The van der Waals surface area contributed by atoms with Crippen molar-refractivity contribution >= 4 is 59.8 Å². The first-order valence-corrected chi connectivity index (χ1v) is 5.03. The van der Waals surface area contributed by atoms with Crippen LogP contribution in [0.1, 0.15) is 0 Å². The zero-order valence-corrected chi connectivity index (χ0v) is 10.1. The second kappa shape index (κ2) is 4.33. The fraction of sp³-hybridized carbons (Fsp3) is 0. The minimum absolute atomic E-state index is 1.01. The topological polar surface area (TPSA) is 15.3 Å². The van der Waals surface area contributed by atoms with Gasteiger partial charge in [0, 0.05) is 21.8 Å². The molecule has 0 heterocycles. The van der Waals surface area contributed by atoms with Gasteiger partial charge in [-0.25, -0.2) is 2.95 Å². The standard InChI is InChI=1S/C6H5Br3N2/c7-10-5-2-1-3-6(4-5)11(8)9/h1-4,10H. The van der Waals surface area contributed by atoms with Crippen molar-refractivity contribution in [2.75, 3.05) is 7.29 Å². The molecule has 0 aromatic heterocycles. The molecule has 0 amide bonds. The summed E-state index contributed by atoms with van der Waals surface area (Å²) in [7, 11) is 0. The maximum absolute atomic E-state index is 3.25. The minimum atomic E-state index is 1.01. The quantitative estimate of drug-likeness (QED) is 0.820. The van der Waals surface area contributed by atoms with E-state index in [9.17, 15) is 0 Å². The van der Waals surface area contributed by atoms with Crippen LogP contribution in [0.15, 0.2) is 24.3 Å². The van der Waals surface area contributed by atoms with E-state index in [2.05, 4.69) is 52.8 Å². The van der Waals surface area contributed by atoms with E-state index in [1.807, 2.05) is 24.3 Å². The van der Waals surface area contributed by atoms with Crippen molar-refractivity contribution in [3.63, 3.8) is 0 Å². The predicted octanol–water partition coefficient (Wildman–Crippen LogP) is 3.83. The van der Waals surface area contributed by atoms with Gasteiger partial charge < -0.3 is 4.34 Å². The molecular weight excluding hydrogens is 340 g/mol. The molecule has 0 spiro atoms. The highest BCUT2D eigenvalue weighted by atomic mass is 79.9. The van der Waals surface area contributed by atoms with Crippen molar-refractivity contribution in [2.24, 2.45) is 0 Å². The summed E-state index contributed by atoms with van der Waals surface area (Å²) in [5, 5.41) is 0. The lowest BCUT2D eigenvalue weighted by molar-refractivity contribution is 1.63. The molecule has 0 saturated heterocycles. The summed E-state index contributed by atoms with van der Waals surface area (Å²) in [4.78, 5) is 0. The molecule has 0 aliphatic rings. The summed E-state index contributed by atoms with van der Waals surface area (Å²) in [5.74, 6) is 0. The molecule has 0 atom stereocenters. The Hall–Kier alpha value is 0.260. The average Bonchev–Trinajstić information content (AvgIpc) is 2.05. The normalized spacial score (nSPS) is 9.36. The van der Waals surface area contributed by atoms with Crippen LogP contribution in [0.5, 0.6) is 0 Å². The van der Waals surface area contributed by atoms with Crippen molar-refractivity contribution in [3.8, 4) is 0 Å². The van der Waals surface area contributed by atoms with Crippen LogP contribution in [0.3, 0.4) is 0 Å². The number of nitrogens with zero attached hydrogens (tertiary/aromatic N) is 1. The highest BCUT2D eigenvalue weighted by molar-refractivity contribution is 9.25. The molecule has 0 saturated carbocycles. The number of halogens is 3. The summed E-state index contributed by atoms with van der Waals surface area (Å²) in [5.41, 5.74) is 2.03. The van der Waals surface area contributed by atoms with E-state index in [0.717, 1.165) is 11.4 Å². The monoisotopic (exact) mass is 342 g/mol. The molecule has 0 aliphatic carbocycles. The summed E-state index contributed by atoms with van der Waals surface area (Å²) in [6.07, 6.45) is 0. The van der Waals surface area contributed by atoms with Crippen molar-refractivity contribution in [3.05, 3.63) is 24.3 Å². The molecule has 1 rings (SSSR count). The average molecular weight is 345 g/mol. The Morgan fingerprint density at radius 2 is 2.00 bits per heavy atom. The van der Waals surface area contributed by atoms with Gasteiger partial charge in [-0.2, -0.15) is 0 Å². The van der Waals surface area contributed by atoms with Crippen LogP contribution in [0, 0.1) is 0 Å². The van der Waals surface area contributed by atoms with Crippen LogP contribution in [-0.2, 0) is 0 Å². The Labute approximate surface area is 91.0 Å². The van der Waals surface area contributed by atoms with Crippen molar-refractivity contribution in [1.82, 2.24) is 0 Å². The summed E-state index contributed by atoms with van der Waals surface area (Å²) in [6, 6.07) is 7.85. The van der Waals surface area contributed by atoms with E-state index in [1.54, 1.807) is 2.95 Å². The molecule has 2 nitrogen and oxygen atoms in total. The maximum Gasteiger partial charge on any atom is 0.0617 e. The Morgan fingerprint density at radius 3 is 2.55 bits per heavy atom. The highest BCUT2D eigenvalue weighted by Gasteiger charge is 1.97. The number of rotatable bonds is 2. The lowest BCUT2D eigenvalue weighted by Crippen LogP contribution is -1.90. The van der Waals surface area contributed by atoms with E-state index in [1.165, 1.54) is 0 Å². The number of anilines is 2.